The quantitative estimate of drug-likeness (QED) is 0.688. The van der Waals surface area contributed by atoms with Crippen molar-refractivity contribution < 1.29 is 9.90 Å². The topological polar surface area (TPSA) is 73.4 Å². The normalized spacial score (nSPS) is 18.1. The molecule has 2 heterocycles. The third-order valence-corrected chi connectivity index (χ3v) is 4.27. The molecule has 2 aromatic rings. The highest BCUT2D eigenvalue weighted by Gasteiger charge is 2.26. The van der Waals surface area contributed by atoms with Crippen molar-refractivity contribution in [1.29, 1.82) is 0 Å². The van der Waals surface area contributed by atoms with Crippen LogP contribution in [-0.4, -0.2) is 17.6 Å². The molecule has 23 heavy (non-hydrogen) atoms. The molecule has 1 unspecified atom stereocenters. The molecule has 1 atom stereocenters. The van der Waals surface area contributed by atoms with E-state index in [9.17, 15) is 9.90 Å². The molecule has 0 aliphatic carbocycles. The minimum absolute atomic E-state index is 0.303. The molecule has 2 aromatic carbocycles. The lowest BCUT2D eigenvalue weighted by molar-refractivity contribution is -0.113. The van der Waals surface area contributed by atoms with Crippen molar-refractivity contribution in [2.75, 3.05) is 22.5 Å². The van der Waals surface area contributed by atoms with Crippen LogP contribution in [-0.2, 0) is 11.2 Å². The Hall–Kier alpha value is -2.79. The van der Waals surface area contributed by atoms with Crippen molar-refractivity contribution in [1.82, 2.24) is 0 Å². The van der Waals surface area contributed by atoms with Crippen LogP contribution in [0.4, 0.5) is 17.1 Å². The number of rotatable bonds is 2. The lowest BCUT2D eigenvalue weighted by Crippen LogP contribution is -2.23. The SMILES string of the molecule is O=C(Nc1ccc2c(c1)NCC2)C1=CNc2ccccc2C1O. The number of aliphatic hydroxyl groups is 1. The van der Waals surface area contributed by atoms with E-state index in [2.05, 4.69) is 16.0 Å². The highest BCUT2D eigenvalue weighted by atomic mass is 16.3. The Morgan fingerprint density at radius 2 is 2.04 bits per heavy atom. The highest BCUT2D eigenvalue weighted by molar-refractivity contribution is 6.05. The first-order chi connectivity index (χ1) is 11.2. The molecule has 4 rings (SSSR count). The van der Waals surface area contributed by atoms with Crippen LogP contribution in [0.25, 0.3) is 0 Å². The number of anilines is 3. The van der Waals surface area contributed by atoms with Gasteiger partial charge in [0.05, 0.1) is 5.57 Å². The summed E-state index contributed by atoms with van der Waals surface area (Å²) in [5.41, 5.74) is 4.86. The van der Waals surface area contributed by atoms with Gasteiger partial charge in [-0.25, -0.2) is 0 Å². The Balaban J connectivity index is 1.55. The first kappa shape index (κ1) is 13.8. The molecule has 0 saturated carbocycles. The third-order valence-electron chi connectivity index (χ3n) is 4.27. The molecule has 5 nitrogen and oxygen atoms in total. The number of hydrogen-bond acceptors (Lipinski definition) is 4. The molecule has 0 aromatic heterocycles. The predicted molar refractivity (Wildman–Crippen MR) is 90.4 cm³/mol. The highest BCUT2D eigenvalue weighted by Crippen LogP contribution is 2.33. The summed E-state index contributed by atoms with van der Waals surface area (Å²) in [6.07, 6.45) is 1.64. The zero-order valence-corrected chi connectivity index (χ0v) is 12.5. The van der Waals surface area contributed by atoms with Crippen LogP contribution < -0.4 is 16.0 Å². The van der Waals surface area contributed by atoms with Crippen LogP contribution in [0, 0.1) is 0 Å². The van der Waals surface area contributed by atoms with Crippen LogP contribution in [0.15, 0.2) is 54.2 Å². The smallest absolute Gasteiger partial charge is 0.256 e. The summed E-state index contributed by atoms with van der Waals surface area (Å²) in [7, 11) is 0. The van der Waals surface area contributed by atoms with Crippen molar-refractivity contribution in [3.63, 3.8) is 0 Å². The van der Waals surface area contributed by atoms with Crippen molar-refractivity contribution in [2.45, 2.75) is 12.5 Å². The average molecular weight is 307 g/mol. The summed E-state index contributed by atoms with van der Waals surface area (Å²) in [6, 6.07) is 13.2. The van der Waals surface area contributed by atoms with E-state index >= 15 is 0 Å². The minimum Gasteiger partial charge on any atom is -0.384 e. The van der Waals surface area contributed by atoms with E-state index in [1.54, 1.807) is 6.20 Å². The molecule has 0 fully saturated rings. The molecule has 0 spiro atoms. The van der Waals surface area contributed by atoms with E-state index in [4.69, 9.17) is 0 Å². The van der Waals surface area contributed by atoms with Gasteiger partial charge >= 0.3 is 0 Å². The molecule has 2 aliphatic heterocycles. The standard InChI is InChI=1S/C18H17N3O2/c22-17-13-3-1-2-4-15(13)20-10-14(17)18(23)21-12-6-5-11-7-8-19-16(11)9-12/h1-6,9-10,17,19-20,22H,7-8H2,(H,21,23). The number of benzene rings is 2. The van der Waals surface area contributed by atoms with Gasteiger partial charge in [-0.3, -0.25) is 4.79 Å². The number of carbonyl (C=O) groups is 1. The second kappa shape index (κ2) is 5.44. The Morgan fingerprint density at radius 3 is 2.96 bits per heavy atom. The maximum Gasteiger partial charge on any atom is 0.256 e. The Bertz CT molecular complexity index is 814. The molecule has 5 heteroatoms. The molecule has 1 amide bonds. The fraction of sp³-hybridized carbons (Fsp3) is 0.167. The number of para-hydroxylation sites is 1. The van der Waals surface area contributed by atoms with Crippen LogP contribution in [0.2, 0.25) is 0 Å². The number of carbonyl (C=O) groups excluding carboxylic acids is 1. The molecule has 0 saturated heterocycles. The second-order valence-corrected chi connectivity index (χ2v) is 5.74. The van der Waals surface area contributed by atoms with E-state index in [1.165, 1.54) is 5.56 Å². The fourth-order valence-corrected chi connectivity index (χ4v) is 3.03. The number of hydrogen-bond donors (Lipinski definition) is 4. The Kier molecular flexibility index (Phi) is 3.28. The summed E-state index contributed by atoms with van der Waals surface area (Å²) in [4.78, 5) is 12.5. The van der Waals surface area contributed by atoms with Crippen molar-refractivity contribution >= 4 is 23.0 Å². The monoisotopic (exact) mass is 307 g/mol. The van der Waals surface area contributed by atoms with Crippen molar-refractivity contribution in [2.24, 2.45) is 0 Å². The molecule has 116 valence electrons. The van der Waals surface area contributed by atoms with Gasteiger partial charge in [0.1, 0.15) is 6.10 Å². The van der Waals surface area contributed by atoms with Gasteiger partial charge in [0.25, 0.3) is 5.91 Å². The molecule has 4 N–H and O–H groups in total. The van der Waals surface area contributed by atoms with Crippen molar-refractivity contribution in [3.8, 4) is 0 Å². The summed E-state index contributed by atoms with van der Waals surface area (Å²) < 4.78 is 0. The van der Waals surface area contributed by atoms with E-state index in [1.807, 2.05) is 42.5 Å². The summed E-state index contributed by atoms with van der Waals surface area (Å²) in [5.74, 6) is -0.308. The predicted octanol–water partition coefficient (Wildman–Crippen LogP) is 2.64. The molecular formula is C18H17N3O2. The zero-order chi connectivity index (χ0) is 15.8. The van der Waals surface area contributed by atoms with Gasteiger partial charge in [-0.15, -0.1) is 0 Å². The van der Waals surface area contributed by atoms with Crippen LogP contribution in [0.5, 0.6) is 0 Å². The average Bonchev–Trinajstić information content (AvgIpc) is 3.03. The van der Waals surface area contributed by atoms with Gasteiger partial charge in [0.15, 0.2) is 0 Å². The molecule has 0 bridgehead atoms. The third kappa shape index (κ3) is 2.45. The van der Waals surface area contributed by atoms with E-state index in [0.29, 0.717) is 11.1 Å². The minimum atomic E-state index is -0.931. The van der Waals surface area contributed by atoms with E-state index in [0.717, 1.165) is 30.0 Å². The summed E-state index contributed by atoms with van der Waals surface area (Å²) in [5, 5.41) is 19.6. The van der Waals surface area contributed by atoms with Crippen LogP contribution in [0.3, 0.4) is 0 Å². The summed E-state index contributed by atoms with van der Waals surface area (Å²) >= 11 is 0. The molecular weight excluding hydrogens is 290 g/mol. The lowest BCUT2D eigenvalue weighted by atomic mass is 9.97. The summed E-state index contributed by atoms with van der Waals surface area (Å²) in [6.45, 7) is 0.928. The van der Waals surface area contributed by atoms with Crippen molar-refractivity contribution in [3.05, 3.63) is 65.4 Å². The second-order valence-electron chi connectivity index (χ2n) is 5.74. The number of fused-ring (bicyclic) bond motifs is 2. The van der Waals surface area contributed by atoms with Gasteiger partial charge in [-0.2, -0.15) is 0 Å². The van der Waals surface area contributed by atoms with E-state index in [-0.39, 0.29) is 5.91 Å². The van der Waals surface area contributed by atoms with Crippen LogP contribution in [0.1, 0.15) is 17.2 Å². The van der Waals surface area contributed by atoms with Crippen LogP contribution >= 0.6 is 0 Å². The Labute approximate surface area is 134 Å². The number of aliphatic hydroxyl groups excluding tert-OH is 1. The van der Waals surface area contributed by atoms with Gasteiger partial charge in [0.2, 0.25) is 0 Å². The van der Waals surface area contributed by atoms with Gasteiger partial charge in [0, 0.05) is 35.4 Å². The van der Waals surface area contributed by atoms with Gasteiger partial charge in [-0.1, -0.05) is 24.3 Å². The number of amides is 1. The Morgan fingerprint density at radius 1 is 1.17 bits per heavy atom. The van der Waals surface area contributed by atoms with Gasteiger partial charge < -0.3 is 21.1 Å². The zero-order valence-electron chi connectivity index (χ0n) is 12.5. The molecule has 0 radical (unpaired) electrons. The van der Waals surface area contributed by atoms with Gasteiger partial charge in [-0.05, 0) is 30.2 Å². The number of nitrogens with one attached hydrogen (secondary N) is 3. The first-order valence-electron chi connectivity index (χ1n) is 7.64. The molecule has 2 aliphatic rings. The van der Waals surface area contributed by atoms with E-state index < -0.39 is 6.10 Å². The maximum absolute atomic E-state index is 12.5. The lowest BCUT2D eigenvalue weighted by Gasteiger charge is -2.23. The maximum atomic E-state index is 12.5. The largest absolute Gasteiger partial charge is 0.384 e. The fourth-order valence-electron chi connectivity index (χ4n) is 3.03. The first-order valence-corrected chi connectivity index (χ1v) is 7.64.